The van der Waals surface area contributed by atoms with Gasteiger partial charge in [0.05, 0.1) is 26.7 Å². The second-order valence-electron chi connectivity index (χ2n) is 8.00. The third-order valence-electron chi connectivity index (χ3n) is 5.25. The summed E-state index contributed by atoms with van der Waals surface area (Å²) in [6.45, 7) is 4.69. The number of carbonyl (C=O) groups is 2. The van der Waals surface area contributed by atoms with Crippen LogP contribution in [-0.4, -0.2) is 45.1 Å². The van der Waals surface area contributed by atoms with Gasteiger partial charge in [0.25, 0.3) is 0 Å². The minimum atomic E-state index is -0.391. The molecule has 0 saturated carbocycles. The summed E-state index contributed by atoms with van der Waals surface area (Å²) in [6, 6.07) is 7.44. The number of aromatic nitrogens is 4. The molecule has 3 aromatic rings. The summed E-state index contributed by atoms with van der Waals surface area (Å²) in [6.07, 6.45) is 3.90. The van der Waals surface area contributed by atoms with Crippen molar-refractivity contribution in [1.29, 1.82) is 0 Å². The maximum atomic E-state index is 12.8. The first-order chi connectivity index (χ1) is 16.4. The zero-order chi connectivity index (χ0) is 24.5. The summed E-state index contributed by atoms with van der Waals surface area (Å²) in [7, 11) is 1.34. The van der Waals surface area contributed by atoms with E-state index in [1.165, 1.54) is 11.7 Å². The quantitative estimate of drug-likeness (QED) is 0.308. The highest BCUT2D eigenvalue weighted by molar-refractivity contribution is 5.97. The predicted octanol–water partition coefficient (Wildman–Crippen LogP) is 3.19. The number of ether oxygens (including phenoxy) is 2. The molecule has 0 atom stereocenters. The van der Waals surface area contributed by atoms with Gasteiger partial charge in [0.2, 0.25) is 5.91 Å². The van der Waals surface area contributed by atoms with Gasteiger partial charge in [-0.2, -0.15) is 9.97 Å². The number of amides is 1. The van der Waals surface area contributed by atoms with Crippen LogP contribution in [-0.2, 0) is 27.3 Å². The molecule has 34 heavy (non-hydrogen) atoms. The van der Waals surface area contributed by atoms with E-state index in [9.17, 15) is 14.4 Å². The molecule has 2 heterocycles. The number of carbonyl (C=O) groups excluding carboxylic acids is 2. The highest BCUT2D eigenvalue weighted by Gasteiger charge is 2.18. The predicted molar refractivity (Wildman–Crippen MR) is 128 cm³/mol. The van der Waals surface area contributed by atoms with Gasteiger partial charge < -0.3 is 19.8 Å². The number of benzene rings is 1. The number of anilines is 1. The molecule has 1 aromatic carbocycles. The fourth-order valence-corrected chi connectivity index (χ4v) is 3.41. The molecule has 2 aromatic heterocycles. The molecule has 182 valence electrons. The Morgan fingerprint density at radius 3 is 2.62 bits per heavy atom. The van der Waals surface area contributed by atoms with E-state index < -0.39 is 5.69 Å². The van der Waals surface area contributed by atoms with Crippen LogP contribution >= 0.6 is 0 Å². The van der Waals surface area contributed by atoms with Crippen LogP contribution in [0, 0.1) is 0 Å². The Hall–Kier alpha value is -3.69. The first-order valence-electron chi connectivity index (χ1n) is 11.5. The Balaban J connectivity index is 1.97. The normalized spacial score (nSPS) is 10.9. The number of aromatic amines is 1. The topological polar surface area (TPSA) is 128 Å². The van der Waals surface area contributed by atoms with Gasteiger partial charge in [0.15, 0.2) is 11.5 Å². The lowest BCUT2D eigenvalue weighted by Gasteiger charge is -2.10. The van der Waals surface area contributed by atoms with E-state index in [2.05, 4.69) is 20.3 Å². The number of H-pyrrole nitrogens is 1. The summed E-state index contributed by atoms with van der Waals surface area (Å²) < 4.78 is 11.9. The molecule has 0 saturated heterocycles. The van der Waals surface area contributed by atoms with Crippen molar-refractivity contribution in [3.05, 3.63) is 45.9 Å². The summed E-state index contributed by atoms with van der Waals surface area (Å²) in [4.78, 5) is 48.4. The van der Waals surface area contributed by atoms with Crippen molar-refractivity contribution in [2.45, 2.75) is 58.9 Å². The lowest BCUT2D eigenvalue weighted by atomic mass is 10.1. The Bertz CT molecular complexity index is 1200. The number of rotatable bonds is 12. The van der Waals surface area contributed by atoms with E-state index in [1.807, 2.05) is 38.1 Å². The monoisotopic (exact) mass is 469 g/mol. The Morgan fingerprint density at radius 2 is 1.88 bits per heavy atom. The molecule has 10 nitrogen and oxygen atoms in total. The van der Waals surface area contributed by atoms with Crippen molar-refractivity contribution in [3.63, 3.8) is 0 Å². The third-order valence-corrected chi connectivity index (χ3v) is 5.25. The van der Waals surface area contributed by atoms with Crippen molar-refractivity contribution in [1.82, 2.24) is 19.5 Å². The Kier molecular flexibility index (Phi) is 8.78. The van der Waals surface area contributed by atoms with Gasteiger partial charge in [0, 0.05) is 6.42 Å². The van der Waals surface area contributed by atoms with E-state index in [0.29, 0.717) is 24.2 Å². The standard InChI is InChI=1S/C24H31N5O5/c1-4-6-11-18(30)25-21-20-22(28-23(27-21)34-12-7-5-2)29(24(32)26-20)15-17-10-8-9-16(13-17)14-19(31)33-3/h8-10,13H,4-7,11-12,14-15H2,1-3H3,(H,26,32)(H,25,27,28,30). The summed E-state index contributed by atoms with van der Waals surface area (Å²) in [5.74, 6) is -0.315. The number of fused-ring (bicyclic) bond motifs is 1. The molecule has 0 radical (unpaired) electrons. The van der Waals surface area contributed by atoms with Crippen molar-refractivity contribution in [2.75, 3.05) is 19.0 Å². The van der Waals surface area contributed by atoms with E-state index in [4.69, 9.17) is 9.47 Å². The first-order valence-corrected chi connectivity index (χ1v) is 11.5. The molecular formula is C24H31N5O5. The number of nitrogens with one attached hydrogen (secondary N) is 2. The minimum absolute atomic E-state index is 0.0962. The number of nitrogens with zero attached hydrogens (tertiary/aromatic N) is 3. The van der Waals surface area contributed by atoms with Gasteiger partial charge in [-0.15, -0.1) is 0 Å². The maximum absolute atomic E-state index is 12.8. The molecule has 1 amide bonds. The lowest BCUT2D eigenvalue weighted by molar-refractivity contribution is -0.139. The molecule has 0 aliphatic rings. The molecule has 0 fully saturated rings. The molecule has 2 N–H and O–H groups in total. The van der Waals surface area contributed by atoms with E-state index in [1.54, 1.807) is 0 Å². The van der Waals surface area contributed by atoms with Crippen molar-refractivity contribution in [2.24, 2.45) is 0 Å². The first kappa shape index (κ1) is 24.9. The molecule has 0 aliphatic carbocycles. The van der Waals surface area contributed by atoms with Gasteiger partial charge in [-0.25, -0.2) is 4.79 Å². The average molecular weight is 470 g/mol. The summed E-state index contributed by atoms with van der Waals surface area (Å²) in [5.41, 5.74) is 1.86. The van der Waals surface area contributed by atoms with Crippen LogP contribution in [0.2, 0.25) is 0 Å². The molecule has 3 rings (SSSR count). The van der Waals surface area contributed by atoms with E-state index in [-0.39, 0.29) is 36.7 Å². The van der Waals surface area contributed by atoms with Gasteiger partial charge >= 0.3 is 17.7 Å². The molecule has 0 spiro atoms. The average Bonchev–Trinajstić information content (AvgIpc) is 3.13. The molecule has 10 heteroatoms. The van der Waals surface area contributed by atoms with Crippen LogP contribution in [0.25, 0.3) is 11.2 Å². The Morgan fingerprint density at radius 1 is 1.12 bits per heavy atom. The number of methoxy groups -OCH3 is 1. The molecular weight excluding hydrogens is 438 g/mol. The fourth-order valence-electron chi connectivity index (χ4n) is 3.41. The second-order valence-corrected chi connectivity index (χ2v) is 8.00. The van der Waals surface area contributed by atoms with Gasteiger partial charge in [0.1, 0.15) is 5.52 Å². The maximum Gasteiger partial charge on any atom is 0.328 e. The van der Waals surface area contributed by atoms with Crippen molar-refractivity contribution in [3.8, 4) is 6.01 Å². The largest absolute Gasteiger partial charge is 0.469 e. The number of hydrogen-bond donors (Lipinski definition) is 2. The lowest BCUT2D eigenvalue weighted by Crippen LogP contribution is -2.18. The SMILES string of the molecule is CCCCOc1nc(NC(=O)CCCC)c2[nH]c(=O)n(Cc3cccc(CC(=O)OC)c3)c2n1. The van der Waals surface area contributed by atoms with Crippen LogP contribution in [0.1, 0.15) is 57.1 Å². The second kappa shape index (κ2) is 12.0. The molecule has 0 bridgehead atoms. The fraction of sp³-hybridized carbons (Fsp3) is 0.458. The van der Waals surface area contributed by atoms with E-state index >= 15 is 0 Å². The van der Waals surface area contributed by atoms with Crippen LogP contribution < -0.4 is 15.7 Å². The minimum Gasteiger partial charge on any atom is -0.469 e. The highest BCUT2D eigenvalue weighted by Crippen LogP contribution is 2.22. The van der Waals surface area contributed by atoms with Crippen LogP contribution in [0.15, 0.2) is 29.1 Å². The number of imidazole rings is 1. The number of hydrogen-bond acceptors (Lipinski definition) is 7. The van der Waals surface area contributed by atoms with Gasteiger partial charge in [-0.05, 0) is 24.0 Å². The summed E-state index contributed by atoms with van der Waals surface area (Å²) >= 11 is 0. The van der Waals surface area contributed by atoms with Gasteiger partial charge in [-0.3, -0.25) is 14.2 Å². The number of esters is 1. The van der Waals surface area contributed by atoms with Crippen LogP contribution in [0.4, 0.5) is 5.82 Å². The smallest absolute Gasteiger partial charge is 0.328 e. The van der Waals surface area contributed by atoms with Gasteiger partial charge in [-0.1, -0.05) is 51.0 Å². The molecule has 0 unspecified atom stereocenters. The highest BCUT2D eigenvalue weighted by atomic mass is 16.5. The van der Waals surface area contributed by atoms with E-state index in [0.717, 1.165) is 36.8 Å². The summed E-state index contributed by atoms with van der Waals surface area (Å²) in [5, 5.41) is 2.79. The van der Waals surface area contributed by atoms with Crippen LogP contribution in [0.3, 0.4) is 0 Å². The molecule has 0 aliphatic heterocycles. The number of unbranched alkanes of at least 4 members (excludes halogenated alkanes) is 2. The van der Waals surface area contributed by atoms with Crippen molar-refractivity contribution >= 4 is 28.9 Å². The third kappa shape index (κ3) is 6.43. The zero-order valence-electron chi connectivity index (χ0n) is 19.8. The van der Waals surface area contributed by atoms with Crippen molar-refractivity contribution < 1.29 is 19.1 Å². The Labute approximate surface area is 197 Å². The zero-order valence-corrected chi connectivity index (χ0v) is 19.8. The van der Waals surface area contributed by atoms with Crippen LogP contribution in [0.5, 0.6) is 6.01 Å².